The van der Waals surface area contributed by atoms with Gasteiger partial charge in [-0.25, -0.2) is 4.79 Å². The zero-order chi connectivity index (χ0) is 20.0. The second-order valence-electron chi connectivity index (χ2n) is 5.08. The Hall–Kier alpha value is -3.44. The summed E-state index contributed by atoms with van der Waals surface area (Å²) in [5.74, 6) is -3.38. The maximum absolute atomic E-state index is 12.4. The van der Waals surface area contributed by atoms with E-state index in [1.165, 1.54) is 37.4 Å². The van der Waals surface area contributed by atoms with E-state index in [0.29, 0.717) is 0 Å². The number of amides is 1. The van der Waals surface area contributed by atoms with E-state index in [-0.39, 0.29) is 23.5 Å². The third-order valence-corrected chi connectivity index (χ3v) is 3.07. The fourth-order valence-corrected chi connectivity index (χ4v) is 1.68. The number of nitrogens with one attached hydrogen (secondary N) is 1. The number of alkyl halides is 3. The van der Waals surface area contributed by atoms with Gasteiger partial charge in [-0.1, -0.05) is 22.4 Å². The van der Waals surface area contributed by atoms with Gasteiger partial charge in [0.1, 0.15) is 0 Å². The monoisotopic (exact) mass is 386 g/mol. The van der Waals surface area contributed by atoms with E-state index in [0.717, 1.165) is 0 Å². The number of halogens is 3. The minimum Gasteiger partial charge on any atom is -0.478 e. The van der Waals surface area contributed by atoms with E-state index in [2.05, 4.69) is 30.0 Å². The number of rotatable bonds is 7. The molecular formula is C15H13F3N4O5. The number of carbonyl (C=O) groups excluding carboxylic acids is 1. The third kappa shape index (κ3) is 5.52. The van der Waals surface area contributed by atoms with Gasteiger partial charge in [0.2, 0.25) is 11.9 Å². The Bertz CT molecular complexity index is 833. The van der Waals surface area contributed by atoms with Gasteiger partial charge in [-0.2, -0.15) is 18.2 Å². The maximum Gasteiger partial charge on any atom is 0.471 e. The zero-order valence-electron chi connectivity index (χ0n) is 13.7. The zero-order valence-corrected chi connectivity index (χ0v) is 13.7. The van der Waals surface area contributed by atoms with Crippen molar-refractivity contribution < 1.29 is 37.2 Å². The van der Waals surface area contributed by atoms with Gasteiger partial charge in [-0.3, -0.25) is 4.79 Å². The Balaban J connectivity index is 1.91. The molecule has 1 atom stereocenters. The predicted molar refractivity (Wildman–Crippen MR) is 83.7 cm³/mol. The summed E-state index contributed by atoms with van der Waals surface area (Å²) >= 11 is 0. The van der Waals surface area contributed by atoms with Gasteiger partial charge < -0.3 is 19.8 Å². The van der Waals surface area contributed by atoms with Crippen LogP contribution in [0.15, 0.2) is 33.9 Å². The highest BCUT2D eigenvalue weighted by molar-refractivity contribution is 5.95. The third-order valence-electron chi connectivity index (χ3n) is 3.07. The molecule has 0 aliphatic carbocycles. The van der Waals surface area contributed by atoms with Crippen LogP contribution in [0.1, 0.15) is 23.2 Å². The summed E-state index contributed by atoms with van der Waals surface area (Å²) in [5, 5.41) is 17.7. The highest BCUT2D eigenvalue weighted by atomic mass is 19.4. The van der Waals surface area contributed by atoms with Gasteiger partial charge >= 0.3 is 18.0 Å². The molecule has 0 bridgehead atoms. The fraction of sp³-hybridized carbons (Fsp3) is 0.267. The molecule has 1 aromatic carbocycles. The van der Waals surface area contributed by atoms with Crippen molar-refractivity contribution in [1.82, 2.24) is 15.5 Å². The van der Waals surface area contributed by atoms with Gasteiger partial charge in [-0.15, -0.1) is 0 Å². The van der Waals surface area contributed by atoms with Crippen LogP contribution in [0.25, 0.3) is 11.4 Å². The summed E-state index contributed by atoms with van der Waals surface area (Å²) < 4.78 is 41.5. The first kappa shape index (κ1) is 19.9. The van der Waals surface area contributed by atoms with Crippen molar-refractivity contribution in [3.63, 3.8) is 0 Å². The lowest BCUT2D eigenvalue weighted by atomic mass is 10.1. The van der Waals surface area contributed by atoms with Crippen LogP contribution < -0.4 is 5.32 Å². The van der Waals surface area contributed by atoms with Gasteiger partial charge in [0.15, 0.2) is 0 Å². The van der Waals surface area contributed by atoms with Crippen LogP contribution in [-0.2, 0) is 15.8 Å². The Labute approximate surface area is 149 Å². The summed E-state index contributed by atoms with van der Waals surface area (Å²) in [6, 6.07) is 5.47. The van der Waals surface area contributed by atoms with Crippen molar-refractivity contribution in [1.29, 1.82) is 0 Å². The molecule has 1 aromatic heterocycles. The first-order valence-electron chi connectivity index (χ1n) is 7.38. The van der Waals surface area contributed by atoms with Crippen molar-refractivity contribution >= 4 is 18.1 Å². The van der Waals surface area contributed by atoms with Crippen LogP contribution in [0.2, 0.25) is 0 Å². The first-order chi connectivity index (χ1) is 12.7. The smallest absolute Gasteiger partial charge is 0.471 e. The second kappa shape index (κ2) is 8.29. The van der Waals surface area contributed by atoms with E-state index in [1.807, 2.05) is 0 Å². The molecule has 2 N–H and O–H groups in total. The fourth-order valence-electron chi connectivity index (χ4n) is 1.68. The number of carboxylic acid groups (broad SMARTS) is 1. The molecule has 1 amide bonds. The molecule has 0 unspecified atom stereocenters. The summed E-state index contributed by atoms with van der Waals surface area (Å²) in [4.78, 5) is 30.3. The standard InChI is InChI=1S/C15H13F3N4O5/c1-8(13(24)25)26-20-7-6-19-12(23)10-4-2-9(3-5-10)11-21-14(27-22-11)15(16,17)18/h2-5,7-8H,6H2,1H3,(H,19,23)(H,24,25)/t8-/m1/s1. The Morgan fingerprint density at radius 2 is 2.04 bits per heavy atom. The van der Waals surface area contributed by atoms with Crippen molar-refractivity contribution in [3.8, 4) is 11.4 Å². The minimum absolute atomic E-state index is 0.0211. The number of carbonyl (C=O) groups is 2. The van der Waals surface area contributed by atoms with Crippen LogP contribution >= 0.6 is 0 Å². The number of nitrogens with zero attached hydrogens (tertiary/aromatic N) is 3. The summed E-state index contributed by atoms with van der Waals surface area (Å²) in [6.45, 7) is 1.27. The van der Waals surface area contributed by atoms with Crippen LogP contribution in [-0.4, -0.2) is 46.0 Å². The molecule has 27 heavy (non-hydrogen) atoms. The van der Waals surface area contributed by atoms with Crippen molar-refractivity contribution in [2.24, 2.45) is 5.16 Å². The van der Waals surface area contributed by atoms with Crippen LogP contribution in [0.3, 0.4) is 0 Å². The molecule has 0 aliphatic rings. The van der Waals surface area contributed by atoms with E-state index in [4.69, 9.17) is 5.11 Å². The number of aromatic nitrogens is 2. The summed E-state index contributed by atoms with van der Waals surface area (Å²) in [7, 11) is 0. The number of benzene rings is 1. The highest BCUT2D eigenvalue weighted by Crippen LogP contribution is 2.29. The Morgan fingerprint density at radius 3 is 2.59 bits per heavy atom. The molecule has 0 saturated heterocycles. The number of oxime groups is 1. The molecular weight excluding hydrogens is 373 g/mol. The van der Waals surface area contributed by atoms with E-state index < -0.39 is 30.0 Å². The highest BCUT2D eigenvalue weighted by Gasteiger charge is 2.38. The van der Waals surface area contributed by atoms with Crippen LogP contribution in [0.4, 0.5) is 13.2 Å². The normalized spacial score (nSPS) is 12.7. The molecule has 144 valence electrons. The van der Waals surface area contributed by atoms with Crippen molar-refractivity contribution in [3.05, 3.63) is 35.7 Å². The molecule has 0 aliphatic heterocycles. The van der Waals surface area contributed by atoms with E-state index in [1.54, 1.807) is 0 Å². The molecule has 0 fully saturated rings. The average Bonchev–Trinajstić information content (AvgIpc) is 3.11. The topological polar surface area (TPSA) is 127 Å². The Kier molecular flexibility index (Phi) is 6.11. The predicted octanol–water partition coefficient (Wildman–Crippen LogP) is 1.96. The number of hydrogen-bond acceptors (Lipinski definition) is 7. The maximum atomic E-state index is 12.4. The lowest BCUT2D eigenvalue weighted by molar-refractivity contribution is -0.159. The average molecular weight is 386 g/mol. The molecule has 0 saturated carbocycles. The molecule has 1 heterocycles. The lowest BCUT2D eigenvalue weighted by Crippen LogP contribution is -2.25. The van der Waals surface area contributed by atoms with Gasteiger partial charge in [0, 0.05) is 11.1 Å². The van der Waals surface area contributed by atoms with E-state index >= 15 is 0 Å². The minimum atomic E-state index is -4.74. The number of carboxylic acids is 1. The quantitative estimate of drug-likeness (QED) is 0.550. The van der Waals surface area contributed by atoms with Crippen LogP contribution in [0.5, 0.6) is 0 Å². The van der Waals surface area contributed by atoms with E-state index in [9.17, 15) is 22.8 Å². The van der Waals surface area contributed by atoms with Gasteiger partial charge in [0.05, 0.1) is 12.8 Å². The first-order valence-corrected chi connectivity index (χ1v) is 7.38. The second-order valence-corrected chi connectivity index (χ2v) is 5.08. The molecule has 12 heteroatoms. The van der Waals surface area contributed by atoms with Gasteiger partial charge in [0.25, 0.3) is 5.91 Å². The molecule has 2 aromatic rings. The summed E-state index contributed by atoms with van der Waals surface area (Å²) in [5.41, 5.74) is 0.468. The number of aliphatic carboxylic acids is 1. The number of hydrogen-bond donors (Lipinski definition) is 2. The largest absolute Gasteiger partial charge is 0.478 e. The van der Waals surface area contributed by atoms with Crippen molar-refractivity contribution in [2.75, 3.05) is 6.54 Å². The van der Waals surface area contributed by atoms with Crippen molar-refractivity contribution in [2.45, 2.75) is 19.2 Å². The molecule has 2 rings (SSSR count). The lowest BCUT2D eigenvalue weighted by Gasteiger charge is -2.04. The molecule has 9 nitrogen and oxygen atoms in total. The Morgan fingerprint density at radius 1 is 1.37 bits per heavy atom. The van der Waals surface area contributed by atoms with Crippen LogP contribution in [0, 0.1) is 0 Å². The SMILES string of the molecule is C[C@@H](ON=CCNC(=O)c1ccc(-c2noc(C(F)(F)F)n2)cc1)C(=O)O. The molecule has 0 spiro atoms. The molecule has 0 radical (unpaired) electrons. The summed E-state index contributed by atoms with van der Waals surface area (Å²) in [6.07, 6.45) is -4.69. The van der Waals surface area contributed by atoms with Gasteiger partial charge in [-0.05, 0) is 19.1 Å².